The Hall–Kier alpha value is -0.430. The predicted octanol–water partition coefficient (Wildman–Crippen LogP) is 3.81. The molecular formula is C11H11BrN2OS2. The summed E-state index contributed by atoms with van der Waals surface area (Å²) < 4.78 is 5.98. The summed E-state index contributed by atoms with van der Waals surface area (Å²) in [5.74, 6) is 0.803. The van der Waals surface area contributed by atoms with Crippen LogP contribution in [0.4, 0.5) is 0 Å². The number of aryl methyl sites for hydroxylation is 1. The molecule has 0 amide bonds. The van der Waals surface area contributed by atoms with Gasteiger partial charge in [-0.25, -0.2) is 4.98 Å². The number of nitrogens with zero attached hydrogens (tertiary/aromatic N) is 2. The van der Waals surface area contributed by atoms with Crippen molar-refractivity contribution in [3.63, 3.8) is 0 Å². The molecule has 6 heteroatoms. The van der Waals surface area contributed by atoms with E-state index in [9.17, 15) is 5.11 Å². The molecule has 2 aromatic rings. The van der Waals surface area contributed by atoms with Crippen molar-refractivity contribution in [3.8, 4) is 0 Å². The topological polar surface area (TPSA) is 46.0 Å². The molecule has 1 aromatic heterocycles. The van der Waals surface area contributed by atoms with E-state index in [1.807, 2.05) is 25.1 Å². The first-order valence-electron chi connectivity index (χ1n) is 5.02. The highest BCUT2D eigenvalue weighted by atomic mass is 79.9. The highest BCUT2D eigenvalue weighted by Gasteiger charge is 2.08. The first kappa shape index (κ1) is 13.0. The van der Waals surface area contributed by atoms with E-state index < -0.39 is 6.10 Å². The van der Waals surface area contributed by atoms with Gasteiger partial charge in [0.2, 0.25) is 0 Å². The summed E-state index contributed by atoms with van der Waals surface area (Å²) in [7, 11) is 0. The Morgan fingerprint density at radius 2 is 2.24 bits per heavy atom. The van der Waals surface area contributed by atoms with Crippen molar-refractivity contribution in [3.05, 3.63) is 34.1 Å². The van der Waals surface area contributed by atoms with Gasteiger partial charge in [0.1, 0.15) is 5.82 Å². The first-order chi connectivity index (χ1) is 8.06. The van der Waals surface area contributed by atoms with E-state index in [1.165, 1.54) is 11.5 Å². The number of aliphatic hydroxyl groups excluding tert-OH is 1. The molecule has 0 aliphatic heterocycles. The molecule has 0 aliphatic carbocycles. The molecule has 1 atom stereocenters. The molecular weight excluding hydrogens is 320 g/mol. The number of hydrogen-bond acceptors (Lipinski definition) is 5. The molecule has 0 aliphatic rings. The summed E-state index contributed by atoms with van der Waals surface area (Å²) in [5, 5.41) is 9.53. The van der Waals surface area contributed by atoms with Crippen LogP contribution in [0.15, 0.2) is 31.9 Å². The molecule has 0 bridgehead atoms. The highest BCUT2D eigenvalue weighted by molar-refractivity contribution is 9.10. The average molecular weight is 331 g/mol. The lowest BCUT2D eigenvalue weighted by Gasteiger charge is -2.08. The van der Waals surface area contributed by atoms with Gasteiger partial charge in [0.05, 0.1) is 6.10 Å². The maximum atomic E-state index is 9.53. The second-order valence-corrected chi connectivity index (χ2v) is 6.50. The van der Waals surface area contributed by atoms with Gasteiger partial charge in [-0.1, -0.05) is 33.8 Å². The Morgan fingerprint density at radius 3 is 2.76 bits per heavy atom. The minimum Gasteiger partial charge on any atom is -0.389 e. The van der Waals surface area contributed by atoms with Gasteiger partial charge in [-0.05, 0) is 43.1 Å². The molecule has 3 nitrogen and oxygen atoms in total. The lowest BCUT2D eigenvalue weighted by molar-refractivity contribution is 0.198. The molecule has 1 N–H and O–H groups in total. The van der Waals surface area contributed by atoms with Crippen LogP contribution in [0.1, 0.15) is 24.4 Å². The van der Waals surface area contributed by atoms with Crippen molar-refractivity contribution in [2.75, 3.05) is 0 Å². The van der Waals surface area contributed by atoms with Crippen LogP contribution in [0.3, 0.4) is 0 Å². The van der Waals surface area contributed by atoms with Crippen LogP contribution >= 0.6 is 39.2 Å². The summed E-state index contributed by atoms with van der Waals surface area (Å²) in [6, 6.07) is 5.89. The predicted molar refractivity (Wildman–Crippen MR) is 73.5 cm³/mol. The van der Waals surface area contributed by atoms with Crippen molar-refractivity contribution in [2.45, 2.75) is 29.2 Å². The van der Waals surface area contributed by atoms with Crippen LogP contribution in [0.2, 0.25) is 0 Å². The number of rotatable bonds is 3. The minimum atomic E-state index is -0.466. The van der Waals surface area contributed by atoms with Crippen molar-refractivity contribution < 1.29 is 5.11 Å². The Balaban J connectivity index is 2.20. The molecule has 0 radical (unpaired) electrons. The molecule has 0 spiro atoms. The normalized spacial score (nSPS) is 12.7. The fourth-order valence-corrected chi connectivity index (χ4v) is 3.86. The van der Waals surface area contributed by atoms with Crippen LogP contribution < -0.4 is 0 Å². The first-order valence-corrected chi connectivity index (χ1v) is 7.40. The average Bonchev–Trinajstić information content (AvgIpc) is 2.63. The second kappa shape index (κ2) is 5.48. The van der Waals surface area contributed by atoms with Crippen LogP contribution in [0.5, 0.6) is 0 Å². The molecule has 90 valence electrons. The van der Waals surface area contributed by atoms with E-state index in [4.69, 9.17) is 0 Å². The molecule has 2 rings (SSSR count). The van der Waals surface area contributed by atoms with E-state index in [0.717, 1.165) is 25.1 Å². The molecule has 1 aromatic carbocycles. The maximum Gasteiger partial charge on any atom is 0.174 e. The van der Waals surface area contributed by atoms with Crippen LogP contribution in [-0.4, -0.2) is 14.5 Å². The fraction of sp³-hybridized carbons (Fsp3) is 0.273. The van der Waals surface area contributed by atoms with E-state index in [0.29, 0.717) is 0 Å². The molecule has 0 unspecified atom stereocenters. The maximum absolute atomic E-state index is 9.53. The third-order valence-electron chi connectivity index (χ3n) is 2.14. The number of aromatic nitrogens is 2. The van der Waals surface area contributed by atoms with Gasteiger partial charge in [-0.15, -0.1) is 0 Å². The third-order valence-corrected chi connectivity index (χ3v) is 4.65. The van der Waals surface area contributed by atoms with Crippen LogP contribution in [0, 0.1) is 6.92 Å². The molecule has 17 heavy (non-hydrogen) atoms. The van der Waals surface area contributed by atoms with Gasteiger partial charge in [0.25, 0.3) is 0 Å². The van der Waals surface area contributed by atoms with Gasteiger partial charge >= 0.3 is 0 Å². The van der Waals surface area contributed by atoms with E-state index >= 15 is 0 Å². The Bertz CT molecular complexity index is 528. The van der Waals surface area contributed by atoms with Crippen molar-refractivity contribution in [2.24, 2.45) is 0 Å². The summed E-state index contributed by atoms with van der Waals surface area (Å²) in [4.78, 5) is 5.38. The minimum absolute atomic E-state index is 0.466. The smallest absolute Gasteiger partial charge is 0.174 e. The van der Waals surface area contributed by atoms with Crippen molar-refractivity contribution in [1.82, 2.24) is 9.36 Å². The van der Waals surface area contributed by atoms with Crippen LogP contribution in [-0.2, 0) is 0 Å². The quantitative estimate of drug-likeness (QED) is 0.929. The Morgan fingerprint density at radius 1 is 1.47 bits per heavy atom. The zero-order chi connectivity index (χ0) is 12.4. The highest BCUT2D eigenvalue weighted by Crippen LogP contribution is 2.33. The van der Waals surface area contributed by atoms with Gasteiger partial charge in [-0.2, -0.15) is 4.37 Å². The summed E-state index contributed by atoms with van der Waals surface area (Å²) in [6.07, 6.45) is -0.466. The van der Waals surface area contributed by atoms with Crippen LogP contribution in [0.25, 0.3) is 0 Å². The van der Waals surface area contributed by atoms with Crippen molar-refractivity contribution in [1.29, 1.82) is 0 Å². The Labute approximate surface area is 117 Å². The molecule has 1 heterocycles. The monoisotopic (exact) mass is 330 g/mol. The molecule has 0 fully saturated rings. The number of hydrogen-bond donors (Lipinski definition) is 1. The number of halogens is 1. The number of benzene rings is 1. The number of aliphatic hydroxyl groups is 1. The summed E-state index contributed by atoms with van der Waals surface area (Å²) in [5.41, 5.74) is 0.891. The lowest BCUT2D eigenvalue weighted by Crippen LogP contribution is -1.92. The van der Waals surface area contributed by atoms with Gasteiger partial charge < -0.3 is 5.11 Å². The Kier molecular flexibility index (Phi) is 4.19. The van der Waals surface area contributed by atoms with Gasteiger partial charge in [0, 0.05) is 9.37 Å². The van der Waals surface area contributed by atoms with E-state index in [-0.39, 0.29) is 0 Å². The van der Waals surface area contributed by atoms with Gasteiger partial charge in [0.15, 0.2) is 4.34 Å². The largest absolute Gasteiger partial charge is 0.389 e. The molecule has 0 saturated heterocycles. The lowest BCUT2D eigenvalue weighted by atomic mass is 10.1. The zero-order valence-electron chi connectivity index (χ0n) is 9.35. The molecule has 0 saturated carbocycles. The SMILES string of the molecule is Cc1nsc(Sc2ccc([C@H](C)O)c(Br)c2)n1. The van der Waals surface area contributed by atoms with E-state index in [2.05, 4.69) is 25.3 Å². The second-order valence-electron chi connectivity index (χ2n) is 3.57. The summed E-state index contributed by atoms with van der Waals surface area (Å²) >= 11 is 6.43. The standard InChI is InChI=1S/C11H11BrN2OS2/c1-6(15)9-4-3-8(5-10(9)12)16-11-13-7(2)14-17-11/h3-6,15H,1-2H3/t6-/m0/s1. The third kappa shape index (κ3) is 3.28. The van der Waals surface area contributed by atoms with E-state index in [1.54, 1.807) is 18.7 Å². The summed E-state index contributed by atoms with van der Waals surface area (Å²) in [6.45, 7) is 3.63. The zero-order valence-corrected chi connectivity index (χ0v) is 12.6. The fourth-order valence-electron chi connectivity index (χ4n) is 1.33. The van der Waals surface area contributed by atoms with Gasteiger partial charge in [-0.3, -0.25) is 0 Å². The van der Waals surface area contributed by atoms with Crippen molar-refractivity contribution >= 4 is 39.2 Å².